The van der Waals surface area contributed by atoms with Crippen molar-refractivity contribution >= 4 is 0 Å². The van der Waals surface area contributed by atoms with Crippen molar-refractivity contribution in [1.29, 1.82) is 0 Å². The standard InChI is InChI=1S/C13H22/c1-8-10(4)12(6)13(7)11(5)9(2)3/h8,12H,2H2,1,3-7H3/b10-8+,13-11+. The van der Waals surface area contributed by atoms with Gasteiger partial charge in [0.2, 0.25) is 0 Å². The van der Waals surface area contributed by atoms with E-state index in [1.165, 1.54) is 22.3 Å². The molecule has 0 nitrogen and oxygen atoms in total. The third-order valence-electron chi connectivity index (χ3n) is 3.02. The minimum atomic E-state index is 0.543. The van der Waals surface area contributed by atoms with Crippen LogP contribution >= 0.6 is 0 Å². The summed E-state index contributed by atoms with van der Waals surface area (Å²) in [5, 5.41) is 0. The van der Waals surface area contributed by atoms with Gasteiger partial charge in [0, 0.05) is 0 Å². The molecule has 0 amide bonds. The van der Waals surface area contributed by atoms with Gasteiger partial charge in [0.25, 0.3) is 0 Å². The van der Waals surface area contributed by atoms with Gasteiger partial charge in [0.05, 0.1) is 0 Å². The Kier molecular flexibility index (Phi) is 4.76. The maximum absolute atomic E-state index is 3.97. The molecule has 13 heavy (non-hydrogen) atoms. The fourth-order valence-electron chi connectivity index (χ4n) is 1.25. The minimum absolute atomic E-state index is 0.543. The van der Waals surface area contributed by atoms with Crippen LogP contribution in [0, 0.1) is 5.92 Å². The molecule has 0 bridgehead atoms. The predicted octanol–water partition coefficient (Wildman–Crippen LogP) is 4.50. The molecule has 0 heteroatoms. The number of allylic oxidation sites excluding steroid dienone is 5. The second kappa shape index (κ2) is 5.06. The first-order chi connectivity index (χ1) is 5.91. The summed E-state index contributed by atoms with van der Waals surface area (Å²) in [6, 6.07) is 0. The van der Waals surface area contributed by atoms with Crippen molar-refractivity contribution in [3.05, 3.63) is 34.9 Å². The van der Waals surface area contributed by atoms with Gasteiger partial charge in [-0.3, -0.25) is 0 Å². The Morgan fingerprint density at radius 2 is 1.62 bits per heavy atom. The Bertz CT molecular complexity index is 251. The zero-order valence-electron chi connectivity index (χ0n) is 9.86. The second-order valence-corrected chi connectivity index (χ2v) is 3.84. The van der Waals surface area contributed by atoms with Crippen molar-refractivity contribution in [2.75, 3.05) is 0 Å². The largest absolute Gasteiger partial charge is 0.0959 e. The highest BCUT2D eigenvalue weighted by Crippen LogP contribution is 2.24. The lowest BCUT2D eigenvalue weighted by Gasteiger charge is -2.16. The second-order valence-electron chi connectivity index (χ2n) is 3.84. The smallest absolute Gasteiger partial charge is 0.00213 e. The van der Waals surface area contributed by atoms with Crippen LogP contribution in [-0.4, -0.2) is 0 Å². The maximum atomic E-state index is 3.97. The zero-order chi connectivity index (χ0) is 10.6. The summed E-state index contributed by atoms with van der Waals surface area (Å²) in [4.78, 5) is 0. The van der Waals surface area contributed by atoms with Crippen molar-refractivity contribution < 1.29 is 0 Å². The molecule has 0 saturated heterocycles. The number of hydrogen-bond acceptors (Lipinski definition) is 0. The molecule has 0 aromatic rings. The van der Waals surface area contributed by atoms with Gasteiger partial charge in [0.15, 0.2) is 0 Å². The highest BCUT2D eigenvalue weighted by atomic mass is 14.1. The van der Waals surface area contributed by atoms with Crippen molar-refractivity contribution in [3.63, 3.8) is 0 Å². The molecule has 1 unspecified atom stereocenters. The zero-order valence-corrected chi connectivity index (χ0v) is 9.86. The molecule has 0 N–H and O–H groups in total. The maximum Gasteiger partial charge on any atom is -0.00213 e. The molecule has 74 valence electrons. The normalized spacial score (nSPS) is 16.6. The van der Waals surface area contributed by atoms with Crippen LogP contribution in [0.1, 0.15) is 41.5 Å². The van der Waals surface area contributed by atoms with E-state index in [1.807, 2.05) is 0 Å². The average molecular weight is 178 g/mol. The van der Waals surface area contributed by atoms with Crippen molar-refractivity contribution in [1.82, 2.24) is 0 Å². The molecular formula is C13H22. The van der Waals surface area contributed by atoms with Crippen LogP contribution in [0.2, 0.25) is 0 Å². The van der Waals surface area contributed by atoms with E-state index in [0.717, 1.165) is 0 Å². The first kappa shape index (κ1) is 12.2. The van der Waals surface area contributed by atoms with E-state index in [-0.39, 0.29) is 0 Å². The third-order valence-corrected chi connectivity index (χ3v) is 3.02. The highest BCUT2D eigenvalue weighted by Gasteiger charge is 2.08. The lowest BCUT2D eigenvalue weighted by Crippen LogP contribution is -2.01. The minimum Gasteiger partial charge on any atom is -0.0959 e. The molecule has 0 rings (SSSR count). The van der Waals surface area contributed by atoms with Gasteiger partial charge in [-0.1, -0.05) is 36.3 Å². The summed E-state index contributed by atoms with van der Waals surface area (Å²) < 4.78 is 0. The summed E-state index contributed by atoms with van der Waals surface area (Å²) >= 11 is 0. The molecule has 0 aromatic heterocycles. The molecule has 0 aliphatic rings. The van der Waals surface area contributed by atoms with Gasteiger partial charge < -0.3 is 0 Å². The van der Waals surface area contributed by atoms with Gasteiger partial charge in [-0.2, -0.15) is 0 Å². The summed E-state index contributed by atoms with van der Waals surface area (Å²) in [7, 11) is 0. The predicted molar refractivity (Wildman–Crippen MR) is 61.8 cm³/mol. The summed E-state index contributed by atoms with van der Waals surface area (Å²) in [5.41, 5.74) is 5.38. The van der Waals surface area contributed by atoms with E-state index in [1.54, 1.807) is 0 Å². The van der Waals surface area contributed by atoms with Gasteiger partial charge in [-0.25, -0.2) is 0 Å². The molecule has 1 atom stereocenters. The Labute approximate surface area is 83.0 Å². The Morgan fingerprint density at radius 3 is 1.92 bits per heavy atom. The van der Waals surface area contributed by atoms with E-state index < -0.39 is 0 Å². The first-order valence-electron chi connectivity index (χ1n) is 4.87. The van der Waals surface area contributed by atoms with E-state index in [2.05, 4.69) is 54.2 Å². The van der Waals surface area contributed by atoms with Gasteiger partial charge >= 0.3 is 0 Å². The molecule has 0 saturated carbocycles. The van der Waals surface area contributed by atoms with Crippen LogP contribution in [0.4, 0.5) is 0 Å². The van der Waals surface area contributed by atoms with Gasteiger partial charge in [-0.15, -0.1) is 0 Å². The fourth-order valence-corrected chi connectivity index (χ4v) is 1.25. The Hall–Kier alpha value is -0.780. The molecule has 0 aromatic carbocycles. The number of rotatable bonds is 3. The topological polar surface area (TPSA) is 0 Å². The summed E-state index contributed by atoms with van der Waals surface area (Å²) in [6.07, 6.45) is 2.18. The molecule has 0 radical (unpaired) electrons. The number of hydrogen-bond donors (Lipinski definition) is 0. The lowest BCUT2D eigenvalue weighted by atomic mass is 9.89. The van der Waals surface area contributed by atoms with Crippen LogP contribution in [-0.2, 0) is 0 Å². The fraction of sp³-hybridized carbons (Fsp3) is 0.538. The molecular weight excluding hydrogens is 156 g/mol. The molecule has 0 spiro atoms. The monoisotopic (exact) mass is 178 g/mol. The summed E-state index contributed by atoms with van der Waals surface area (Å²) in [5.74, 6) is 0.543. The highest BCUT2D eigenvalue weighted by molar-refractivity contribution is 5.32. The summed E-state index contributed by atoms with van der Waals surface area (Å²) in [6.45, 7) is 16.9. The van der Waals surface area contributed by atoms with E-state index >= 15 is 0 Å². The molecule has 0 aliphatic carbocycles. The van der Waals surface area contributed by atoms with Crippen LogP contribution in [0.5, 0.6) is 0 Å². The van der Waals surface area contributed by atoms with Gasteiger partial charge in [0.1, 0.15) is 0 Å². The van der Waals surface area contributed by atoms with E-state index in [4.69, 9.17) is 0 Å². The first-order valence-corrected chi connectivity index (χ1v) is 4.87. The van der Waals surface area contributed by atoms with Crippen molar-refractivity contribution in [3.8, 4) is 0 Å². The van der Waals surface area contributed by atoms with E-state index in [9.17, 15) is 0 Å². The van der Waals surface area contributed by atoms with Crippen LogP contribution < -0.4 is 0 Å². The molecule has 0 fully saturated rings. The SMILES string of the molecule is C=C(C)/C(C)=C(\C)C(C)/C(C)=C/C. The Morgan fingerprint density at radius 1 is 1.15 bits per heavy atom. The third kappa shape index (κ3) is 3.22. The average Bonchev–Trinajstić information content (AvgIpc) is 2.12. The Balaban J connectivity index is 4.88. The van der Waals surface area contributed by atoms with Crippen LogP contribution in [0.25, 0.3) is 0 Å². The van der Waals surface area contributed by atoms with Crippen LogP contribution in [0.15, 0.2) is 34.9 Å². The quantitative estimate of drug-likeness (QED) is 0.441. The van der Waals surface area contributed by atoms with E-state index in [0.29, 0.717) is 5.92 Å². The van der Waals surface area contributed by atoms with Crippen molar-refractivity contribution in [2.24, 2.45) is 5.92 Å². The lowest BCUT2D eigenvalue weighted by molar-refractivity contribution is 0.786. The molecule has 0 aliphatic heterocycles. The molecule has 0 heterocycles. The van der Waals surface area contributed by atoms with Gasteiger partial charge in [-0.05, 0) is 46.1 Å². The van der Waals surface area contributed by atoms with Crippen LogP contribution in [0.3, 0.4) is 0 Å². The van der Waals surface area contributed by atoms with Crippen molar-refractivity contribution in [2.45, 2.75) is 41.5 Å².